The highest BCUT2D eigenvalue weighted by molar-refractivity contribution is 5.77. The SMILES string of the molecule is CC1CCCC(N(C)C(=O)NC2(CC(=O)O)CCCC2)C1. The van der Waals surface area contributed by atoms with Gasteiger partial charge in [-0.25, -0.2) is 4.79 Å². The zero-order chi connectivity index (χ0) is 15.5. The lowest BCUT2D eigenvalue weighted by Crippen LogP contribution is -2.54. The number of carboxylic acids is 1. The zero-order valence-electron chi connectivity index (χ0n) is 13.2. The molecule has 0 aromatic carbocycles. The highest BCUT2D eigenvalue weighted by Gasteiger charge is 2.39. The summed E-state index contributed by atoms with van der Waals surface area (Å²) < 4.78 is 0. The molecule has 2 unspecified atom stereocenters. The molecule has 120 valence electrons. The van der Waals surface area contributed by atoms with E-state index in [1.165, 1.54) is 12.8 Å². The van der Waals surface area contributed by atoms with Crippen LogP contribution in [-0.2, 0) is 4.79 Å². The van der Waals surface area contributed by atoms with Gasteiger partial charge in [-0.15, -0.1) is 0 Å². The molecule has 2 atom stereocenters. The Kier molecular flexibility index (Phi) is 5.12. The minimum Gasteiger partial charge on any atom is -0.481 e. The summed E-state index contributed by atoms with van der Waals surface area (Å²) >= 11 is 0. The molecule has 0 aromatic heterocycles. The van der Waals surface area contributed by atoms with Crippen LogP contribution in [-0.4, -0.2) is 40.6 Å². The lowest BCUT2D eigenvalue weighted by atomic mass is 9.86. The predicted octanol–water partition coefficient (Wildman–Crippen LogP) is 2.99. The fourth-order valence-corrected chi connectivity index (χ4v) is 3.92. The quantitative estimate of drug-likeness (QED) is 0.838. The molecular weight excluding hydrogens is 268 g/mol. The minimum atomic E-state index is -0.828. The molecule has 0 aliphatic heterocycles. The van der Waals surface area contributed by atoms with Gasteiger partial charge in [0.2, 0.25) is 0 Å². The molecule has 0 spiro atoms. The third-order valence-electron chi connectivity index (χ3n) is 5.20. The third-order valence-corrected chi connectivity index (χ3v) is 5.20. The van der Waals surface area contributed by atoms with Crippen LogP contribution in [0, 0.1) is 5.92 Å². The Labute approximate surface area is 127 Å². The Hall–Kier alpha value is -1.26. The first-order valence-corrected chi connectivity index (χ1v) is 8.19. The summed E-state index contributed by atoms with van der Waals surface area (Å²) in [4.78, 5) is 25.4. The molecule has 5 nitrogen and oxygen atoms in total. The summed E-state index contributed by atoms with van der Waals surface area (Å²) in [6, 6.07) is 0.189. The summed E-state index contributed by atoms with van der Waals surface area (Å²) in [5.41, 5.74) is -0.530. The number of hydrogen-bond donors (Lipinski definition) is 2. The largest absolute Gasteiger partial charge is 0.481 e. The van der Waals surface area contributed by atoms with Crippen LogP contribution in [0.4, 0.5) is 4.79 Å². The lowest BCUT2D eigenvalue weighted by Gasteiger charge is -2.37. The first-order valence-electron chi connectivity index (χ1n) is 8.19. The average Bonchev–Trinajstić information content (AvgIpc) is 2.85. The van der Waals surface area contributed by atoms with Gasteiger partial charge in [-0.3, -0.25) is 4.79 Å². The van der Waals surface area contributed by atoms with Crippen LogP contribution in [0.15, 0.2) is 0 Å². The van der Waals surface area contributed by atoms with E-state index in [0.29, 0.717) is 5.92 Å². The van der Waals surface area contributed by atoms with E-state index in [4.69, 9.17) is 5.11 Å². The van der Waals surface area contributed by atoms with E-state index in [1.807, 2.05) is 7.05 Å². The molecule has 21 heavy (non-hydrogen) atoms. The van der Waals surface area contributed by atoms with E-state index in [0.717, 1.165) is 38.5 Å². The van der Waals surface area contributed by atoms with E-state index in [9.17, 15) is 9.59 Å². The highest BCUT2D eigenvalue weighted by atomic mass is 16.4. The Morgan fingerprint density at radius 3 is 2.48 bits per heavy atom. The Morgan fingerprint density at radius 1 is 1.24 bits per heavy atom. The Bertz CT molecular complexity index is 391. The maximum absolute atomic E-state index is 12.5. The Balaban J connectivity index is 1.96. The summed E-state index contributed by atoms with van der Waals surface area (Å²) in [6.45, 7) is 2.24. The summed E-state index contributed by atoms with van der Waals surface area (Å²) in [5.74, 6) is -0.162. The van der Waals surface area contributed by atoms with Crippen molar-refractivity contribution in [1.29, 1.82) is 0 Å². The van der Waals surface area contributed by atoms with Gasteiger partial charge in [-0.05, 0) is 31.6 Å². The van der Waals surface area contributed by atoms with Crippen LogP contribution in [0.5, 0.6) is 0 Å². The second-order valence-electron chi connectivity index (χ2n) is 7.02. The first-order chi connectivity index (χ1) is 9.92. The summed E-state index contributed by atoms with van der Waals surface area (Å²) in [6.07, 6.45) is 8.11. The van der Waals surface area contributed by atoms with Crippen molar-refractivity contribution >= 4 is 12.0 Å². The summed E-state index contributed by atoms with van der Waals surface area (Å²) in [5, 5.41) is 12.2. The number of nitrogens with zero attached hydrogens (tertiary/aromatic N) is 1. The topological polar surface area (TPSA) is 69.6 Å². The molecule has 0 heterocycles. The van der Waals surface area contributed by atoms with Gasteiger partial charge >= 0.3 is 12.0 Å². The minimum absolute atomic E-state index is 0.0354. The number of rotatable bonds is 4. The van der Waals surface area contributed by atoms with Gasteiger partial charge in [0.05, 0.1) is 12.0 Å². The van der Waals surface area contributed by atoms with Crippen molar-refractivity contribution in [2.45, 2.75) is 76.3 Å². The van der Waals surface area contributed by atoms with Crippen LogP contribution in [0.25, 0.3) is 0 Å². The van der Waals surface area contributed by atoms with Crippen molar-refractivity contribution in [2.24, 2.45) is 5.92 Å². The molecular formula is C16H28N2O3. The van der Waals surface area contributed by atoms with Crippen molar-refractivity contribution in [1.82, 2.24) is 10.2 Å². The van der Waals surface area contributed by atoms with Crippen molar-refractivity contribution < 1.29 is 14.7 Å². The smallest absolute Gasteiger partial charge is 0.317 e. The molecule has 0 bridgehead atoms. The molecule has 2 aliphatic carbocycles. The standard InChI is InChI=1S/C16H28N2O3/c1-12-6-5-7-13(10-12)18(2)15(21)17-16(11-14(19)20)8-3-4-9-16/h12-13H,3-11H2,1-2H3,(H,17,21)(H,19,20). The number of carbonyl (C=O) groups excluding carboxylic acids is 1. The lowest BCUT2D eigenvalue weighted by molar-refractivity contribution is -0.138. The van der Waals surface area contributed by atoms with E-state index in [1.54, 1.807) is 4.90 Å². The average molecular weight is 296 g/mol. The number of nitrogens with one attached hydrogen (secondary N) is 1. The van der Waals surface area contributed by atoms with Crippen LogP contribution in [0.1, 0.15) is 64.7 Å². The zero-order valence-corrected chi connectivity index (χ0v) is 13.2. The monoisotopic (exact) mass is 296 g/mol. The maximum atomic E-state index is 12.5. The molecule has 2 fully saturated rings. The molecule has 5 heteroatoms. The summed E-state index contributed by atoms with van der Waals surface area (Å²) in [7, 11) is 1.85. The van der Waals surface area contributed by atoms with Gasteiger partial charge < -0.3 is 15.3 Å². The molecule has 2 N–H and O–H groups in total. The van der Waals surface area contributed by atoms with Crippen LogP contribution < -0.4 is 5.32 Å². The fraction of sp³-hybridized carbons (Fsp3) is 0.875. The molecule has 2 saturated carbocycles. The van der Waals surface area contributed by atoms with Crippen molar-refractivity contribution in [3.8, 4) is 0 Å². The van der Waals surface area contributed by atoms with Crippen LogP contribution >= 0.6 is 0 Å². The van der Waals surface area contributed by atoms with E-state index < -0.39 is 11.5 Å². The number of aliphatic carboxylic acids is 1. The molecule has 2 aliphatic rings. The normalized spacial score (nSPS) is 28.1. The Morgan fingerprint density at radius 2 is 1.90 bits per heavy atom. The molecule has 0 saturated heterocycles. The molecule has 2 amide bonds. The van der Waals surface area contributed by atoms with Crippen molar-refractivity contribution in [3.05, 3.63) is 0 Å². The number of amides is 2. The molecule has 0 radical (unpaired) electrons. The van der Waals surface area contributed by atoms with E-state index in [2.05, 4.69) is 12.2 Å². The van der Waals surface area contributed by atoms with Gasteiger partial charge in [0.1, 0.15) is 0 Å². The van der Waals surface area contributed by atoms with Gasteiger partial charge in [0, 0.05) is 13.1 Å². The predicted molar refractivity (Wildman–Crippen MR) is 81.2 cm³/mol. The number of carboxylic acid groups (broad SMARTS) is 1. The van der Waals surface area contributed by atoms with E-state index in [-0.39, 0.29) is 18.5 Å². The van der Waals surface area contributed by atoms with Crippen LogP contribution in [0.3, 0.4) is 0 Å². The second kappa shape index (κ2) is 6.67. The number of urea groups is 1. The fourth-order valence-electron chi connectivity index (χ4n) is 3.92. The third kappa shape index (κ3) is 4.11. The number of carbonyl (C=O) groups is 2. The van der Waals surface area contributed by atoms with Crippen molar-refractivity contribution in [3.63, 3.8) is 0 Å². The second-order valence-corrected chi connectivity index (χ2v) is 7.02. The maximum Gasteiger partial charge on any atom is 0.317 e. The van der Waals surface area contributed by atoms with Gasteiger partial charge in [0.15, 0.2) is 0 Å². The first kappa shape index (κ1) is 16.1. The van der Waals surface area contributed by atoms with Gasteiger partial charge in [-0.1, -0.05) is 32.6 Å². The van der Waals surface area contributed by atoms with Gasteiger partial charge in [-0.2, -0.15) is 0 Å². The van der Waals surface area contributed by atoms with Gasteiger partial charge in [0.25, 0.3) is 0 Å². The number of hydrogen-bond acceptors (Lipinski definition) is 2. The van der Waals surface area contributed by atoms with E-state index >= 15 is 0 Å². The van der Waals surface area contributed by atoms with Crippen molar-refractivity contribution in [2.75, 3.05) is 7.05 Å². The molecule has 0 aromatic rings. The molecule has 2 rings (SSSR count). The highest BCUT2D eigenvalue weighted by Crippen LogP contribution is 2.33. The van der Waals surface area contributed by atoms with Crippen LogP contribution in [0.2, 0.25) is 0 Å².